The molecule has 5 nitrogen and oxygen atoms in total. The summed E-state index contributed by atoms with van der Waals surface area (Å²) >= 11 is 6.15. The lowest BCUT2D eigenvalue weighted by molar-refractivity contribution is 0.0948. The van der Waals surface area contributed by atoms with Gasteiger partial charge in [-0.05, 0) is 49.6 Å². The second-order valence-electron chi connectivity index (χ2n) is 6.32. The van der Waals surface area contributed by atoms with Crippen molar-refractivity contribution in [1.82, 2.24) is 15.3 Å². The lowest BCUT2D eigenvalue weighted by Crippen LogP contribution is -2.27. The molecule has 0 saturated heterocycles. The smallest absolute Gasteiger partial charge is 0.270 e. The molecule has 3 rings (SSSR count). The van der Waals surface area contributed by atoms with Gasteiger partial charge in [0.05, 0.1) is 0 Å². The van der Waals surface area contributed by atoms with E-state index in [1.165, 1.54) is 6.07 Å². The number of halogens is 2. The monoisotopic (exact) mass is 398 g/mol. The van der Waals surface area contributed by atoms with Crippen LogP contribution in [-0.4, -0.2) is 22.4 Å². The minimum atomic E-state index is -0.340. The Morgan fingerprint density at radius 1 is 1.11 bits per heavy atom. The third-order valence-corrected chi connectivity index (χ3v) is 4.65. The molecule has 0 atom stereocenters. The fraction of sp³-hybridized carbons (Fsp3) is 0.190. The quantitative estimate of drug-likeness (QED) is 0.636. The summed E-state index contributed by atoms with van der Waals surface area (Å²) in [5.41, 5.74) is 2.48. The number of amides is 1. The third-order valence-electron chi connectivity index (χ3n) is 4.24. The van der Waals surface area contributed by atoms with Gasteiger partial charge in [-0.25, -0.2) is 14.4 Å². The Morgan fingerprint density at radius 2 is 1.89 bits per heavy atom. The Hall–Kier alpha value is -2.99. The van der Waals surface area contributed by atoms with E-state index in [4.69, 9.17) is 11.6 Å². The summed E-state index contributed by atoms with van der Waals surface area (Å²) in [6.07, 6.45) is 0.398. The minimum absolute atomic E-state index is 0.239. The maximum atomic E-state index is 13.7. The highest BCUT2D eigenvalue weighted by Crippen LogP contribution is 2.25. The molecule has 0 saturated carbocycles. The molecule has 1 heterocycles. The zero-order chi connectivity index (χ0) is 20.1. The predicted molar refractivity (Wildman–Crippen MR) is 109 cm³/mol. The van der Waals surface area contributed by atoms with Crippen LogP contribution >= 0.6 is 11.6 Å². The molecule has 1 amide bonds. The lowest BCUT2D eigenvalue weighted by Gasteiger charge is -2.12. The highest BCUT2D eigenvalue weighted by atomic mass is 35.5. The van der Waals surface area contributed by atoms with E-state index in [0.29, 0.717) is 35.2 Å². The summed E-state index contributed by atoms with van der Waals surface area (Å²) in [6.45, 7) is 3.92. The highest BCUT2D eigenvalue weighted by molar-refractivity contribution is 6.31. The number of aryl methyl sites for hydroxylation is 1. The Bertz CT molecular complexity index is 1010. The van der Waals surface area contributed by atoms with Crippen LogP contribution in [0.5, 0.6) is 0 Å². The number of carbonyl (C=O) groups is 1. The normalized spacial score (nSPS) is 10.6. The first-order chi connectivity index (χ1) is 13.4. The maximum absolute atomic E-state index is 13.7. The number of aromatic nitrogens is 2. The fourth-order valence-electron chi connectivity index (χ4n) is 2.73. The van der Waals surface area contributed by atoms with E-state index in [9.17, 15) is 9.18 Å². The number of nitrogens with zero attached hydrogens (tertiary/aromatic N) is 2. The summed E-state index contributed by atoms with van der Waals surface area (Å²) < 4.78 is 13.7. The van der Waals surface area contributed by atoms with Crippen molar-refractivity contribution in [3.63, 3.8) is 0 Å². The summed E-state index contributed by atoms with van der Waals surface area (Å²) in [5.74, 6) is 0.340. The van der Waals surface area contributed by atoms with Crippen LogP contribution < -0.4 is 10.6 Å². The predicted octanol–water partition coefficient (Wildman–Crippen LogP) is 4.60. The lowest BCUT2D eigenvalue weighted by atomic mass is 10.1. The van der Waals surface area contributed by atoms with Crippen molar-refractivity contribution in [1.29, 1.82) is 0 Å². The Kier molecular flexibility index (Phi) is 6.21. The molecule has 2 aromatic carbocycles. The topological polar surface area (TPSA) is 66.9 Å². The molecule has 2 N–H and O–H groups in total. The van der Waals surface area contributed by atoms with Gasteiger partial charge in [-0.15, -0.1) is 0 Å². The molecule has 0 unspecified atom stereocenters. The van der Waals surface area contributed by atoms with Crippen LogP contribution in [0.25, 0.3) is 0 Å². The Morgan fingerprint density at radius 3 is 2.68 bits per heavy atom. The second-order valence-corrected chi connectivity index (χ2v) is 6.73. The van der Waals surface area contributed by atoms with Gasteiger partial charge in [0.25, 0.3) is 5.91 Å². The van der Waals surface area contributed by atoms with Crippen molar-refractivity contribution in [2.45, 2.75) is 20.3 Å². The average molecular weight is 399 g/mol. The summed E-state index contributed by atoms with van der Waals surface area (Å²) in [6, 6.07) is 13.6. The molecule has 1 aromatic heterocycles. The zero-order valence-electron chi connectivity index (χ0n) is 15.6. The van der Waals surface area contributed by atoms with Crippen LogP contribution in [0.1, 0.15) is 27.4 Å². The van der Waals surface area contributed by atoms with Gasteiger partial charge in [0, 0.05) is 23.3 Å². The first-order valence-corrected chi connectivity index (χ1v) is 9.21. The number of hydrogen-bond donors (Lipinski definition) is 2. The van der Waals surface area contributed by atoms with Crippen LogP contribution in [0, 0.1) is 19.7 Å². The van der Waals surface area contributed by atoms with E-state index in [-0.39, 0.29) is 17.4 Å². The van der Waals surface area contributed by atoms with E-state index in [2.05, 4.69) is 20.6 Å². The highest BCUT2D eigenvalue weighted by Gasteiger charge is 2.12. The van der Waals surface area contributed by atoms with Gasteiger partial charge in [0.2, 0.25) is 0 Å². The van der Waals surface area contributed by atoms with Gasteiger partial charge in [0.1, 0.15) is 23.2 Å². The molecular weight excluding hydrogens is 379 g/mol. The van der Waals surface area contributed by atoms with Crippen molar-refractivity contribution >= 4 is 29.0 Å². The molecule has 144 valence electrons. The van der Waals surface area contributed by atoms with Gasteiger partial charge < -0.3 is 10.6 Å². The SMILES string of the molecule is Cc1nc(Nc2cccc(Cl)c2C)cc(C(=O)NCCc2ccccc2F)n1. The van der Waals surface area contributed by atoms with Crippen LogP contribution in [0.2, 0.25) is 5.02 Å². The molecule has 0 bridgehead atoms. The van der Waals surface area contributed by atoms with Crippen molar-refractivity contribution in [3.05, 3.63) is 82.0 Å². The van der Waals surface area contributed by atoms with E-state index in [1.807, 2.05) is 25.1 Å². The number of carbonyl (C=O) groups excluding carboxylic acids is 1. The second kappa shape index (κ2) is 8.80. The number of rotatable bonds is 6. The molecular formula is C21H20ClFN4O. The average Bonchev–Trinajstić information content (AvgIpc) is 2.66. The minimum Gasteiger partial charge on any atom is -0.350 e. The first kappa shape index (κ1) is 19.8. The molecule has 7 heteroatoms. The third kappa shape index (κ3) is 4.84. The standard InChI is InChI=1S/C21H20ClFN4O/c1-13-16(22)7-5-9-18(13)27-20-12-19(25-14(2)26-20)21(28)24-11-10-15-6-3-4-8-17(15)23/h3-9,12H,10-11H2,1-2H3,(H,24,28)(H,25,26,27). The number of benzene rings is 2. The number of anilines is 2. The van der Waals surface area contributed by atoms with Crippen LogP contribution in [0.15, 0.2) is 48.5 Å². The summed E-state index contributed by atoms with van der Waals surface area (Å²) in [4.78, 5) is 21.0. The van der Waals surface area contributed by atoms with Crippen LogP contribution in [-0.2, 0) is 6.42 Å². The Labute approximate surface area is 168 Å². The van der Waals surface area contributed by atoms with E-state index >= 15 is 0 Å². The zero-order valence-corrected chi connectivity index (χ0v) is 16.3. The summed E-state index contributed by atoms with van der Waals surface area (Å²) in [5, 5.41) is 6.58. The molecule has 3 aromatic rings. The molecule has 0 aliphatic heterocycles. The van der Waals surface area contributed by atoms with Crippen LogP contribution in [0.4, 0.5) is 15.9 Å². The Balaban J connectivity index is 1.69. The molecule has 28 heavy (non-hydrogen) atoms. The van der Waals surface area contributed by atoms with Crippen molar-refractivity contribution in [2.75, 3.05) is 11.9 Å². The van der Waals surface area contributed by atoms with Gasteiger partial charge in [-0.3, -0.25) is 4.79 Å². The van der Waals surface area contributed by atoms with E-state index in [0.717, 1.165) is 11.3 Å². The first-order valence-electron chi connectivity index (χ1n) is 8.83. The fourth-order valence-corrected chi connectivity index (χ4v) is 2.91. The molecule has 0 fully saturated rings. The van der Waals surface area contributed by atoms with Crippen molar-refractivity contribution in [2.24, 2.45) is 0 Å². The van der Waals surface area contributed by atoms with Gasteiger partial charge in [-0.1, -0.05) is 35.9 Å². The van der Waals surface area contributed by atoms with Crippen molar-refractivity contribution < 1.29 is 9.18 Å². The van der Waals surface area contributed by atoms with Crippen LogP contribution in [0.3, 0.4) is 0 Å². The van der Waals surface area contributed by atoms with Crippen molar-refractivity contribution in [3.8, 4) is 0 Å². The van der Waals surface area contributed by atoms with Gasteiger partial charge in [-0.2, -0.15) is 0 Å². The molecule has 0 spiro atoms. The van der Waals surface area contributed by atoms with E-state index in [1.54, 1.807) is 31.2 Å². The molecule has 0 aliphatic rings. The number of hydrogen-bond acceptors (Lipinski definition) is 4. The van der Waals surface area contributed by atoms with Gasteiger partial charge in [0.15, 0.2) is 0 Å². The summed E-state index contributed by atoms with van der Waals surface area (Å²) in [7, 11) is 0. The van der Waals surface area contributed by atoms with Gasteiger partial charge >= 0.3 is 0 Å². The van der Waals surface area contributed by atoms with E-state index < -0.39 is 0 Å². The largest absolute Gasteiger partial charge is 0.350 e. The maximum Gasteiger partial charge on any atom is 0.270 e. The molecule has 0 radical (unpaired) electrons. The number of nitrogens with one attached hydrogen (secondary N) is 2. The molecule has 0 aliphatic carbocycles.